The molecule has 112 valence electrons. The Morgan fingerprint density at radius 1 is 1.23 bits per heavy atom. The highest BCUT2D eigenvalue weighted by molar-refractivity contribution is 6.11. The van der Waals surface area contributed by atoms with Gasteiger partial charge >= 0.3 is 0 Å². The molecule has 0 radical (unpaired) electrons. The molecule has 0 spiro atoms. The molecular formula is C17H16N2O3. The van der Waals surface area contributed by atoms with Crippen LogP contribution in [0.1, 0.15) is 47.4 Å². The van der Waals surface area contributed by atoms with Gasteiger partial charge in [0.2, 0.25) is 0 Å². The maximum Gasteiger partial charge on any atom is 0.299 e. The standard InChI is InChI=1S/C17H16N2O3/c1-9(2)16-18-17(22-19-16)15(21)12-7-6-11-5-4-10(3)8-13(11)14(12)20/h4-9,20H,1-3H3. The van der Waals surface area contributed by atoms with Gasteiger partial charge in [0, 0.05) is 11.3 Å². The topological polar surface area (TPSA) is 76.2 Å². The zero-order valence-corrected chi connectivity index (χ0v) is 12.6. The van der Waals surface area contributed by atoms with Crippen LogP contribution in [0, 0.1) is 6.92 Å². The van der Waals surface area contributed by atoms with E-state index in [4.69, 9.17) is 4.52 Å². The first-order valence-electron chi connectivity index (χ1n) is 7.08. The second-order valence-electron chi connectivity index (χ2n) is 5.63. The minimum Gasteiger partial charge on any atom is -0.507 e. The van der Waals surface area contributed by atoms with Crippen molar-refractivity contribution in [2.45, 2.75) is 26.7 Å². The number of aromatic nitrogens is 2. The van der Waals surface area contributed by atoms with Crippen LogP contribution in [0.4, 0.5) is 0 Å². The predicted octanol–water partition coefficient (Wildman–Crippen LogP) is 3.59. The Balaban J connectivity index is 2.08. The molecule has 0 fully saturated rings. The lowest BCUT2D eigenvalue weighted by Crippen LogP contribution is -2.03. The Labute approximate surface area is 127 Å². The van der Waals surface area contributed by atoms with Crippen molar-refractivity contribution in [3.63, 3.8) is 0 Å². The molecule has 22 heavy (non-hydrogen) atoms. The van der Waals surface area contributed by atoms with Crippen LogP contribution in [0.3, 0.4) is 0 Å². The van der Waals surface area contributed by atoms with Crippen molar-refractivity contribution >= 4 is 16.6 Å². The molecule has 1 N–H and O–H groups in total. The van der Waals surface area contributed by atoms with Crippen LogP contribution < -0.4 is 0 Å². The Hall–Kier alpha value is -2.69. The largest absolute Gasteiger partial charge is 0.507 e. The summed E-state index contributed by atoms with van der Waals surface area (Å²) in [6.45, 7) is 5.76. The molecule has 0 unspecified atom stereocenters. The van der Waals surface area contributed by atoms with Crippen molar-refractivity contribution in [2.24, 2.45) is 0 Å². The van der Waals surface area contributed by atoms with Crippen LogP contribution in [0.15, 0.2) is 34.9 Å². The number of carbonyl (C=O) groups excluding carboxylic acids is 1. The molecule has 5 heteroatoms. The van der Waals surface area contributed by atoms with Crippen LogP contribution in [-0.4, -0.2) is 21.0 Å². The third kappa shape index (κ3) is 2.35. The highest BCUT2D eigenvalue weighted by atomic mass is 16.5. The first kappa shape index (κ1) is 14.3. The lowest BCUT2D eigenvalue weighted by Gasteiger charge is -2.06. The van der Waals surface area contributed by atoms with E-state index < -0.39 is 5.78 Å². The Kier molecular flexibility index (Phi) is 3.41. The van der Waals surface area contributed by atoms with Crippen LogP contribution in [0.2, 0.25) is 0 Å². The fourth-order valence-corrected chi connectivity index (χ4v) is 2.28. The molecule has 0 amide bonds. The molecule has 5 nitrogen and oxygen atoms in total. The minimum atomic E-state index is -0.472. The highest BCUT2D eigenvalue weighted by Gasteiger charge is 2.22. The summed E-state index contributed by atoms with van der Waals surface area (Å²) in [6.07, 6.45) is 0. The Bertz CT molecular complexity index is 865. The van der Waals surface area contributed by atoms with E-state index >= 15 is 0 Å². The molecule has 3 aromatic rings. The van der Waals surface area contributed by atoms with Gasteiger partial charge in [0.05, 0.1) is 5.56 Å². The summed E-state index contributed by atoms with van der Waals surface area (Å²) in [5.41, 5.74) is 1.17. The third-order valence-electron chi connectivity index (χ3n) is 3.55. The number of carbonyl (C=O) groups is 1. The molecule has 0 aliphatic rings. The summed E-state index contributed by atoms with van der Waals surface area (Å²) in [5.74, 6) is -0.0978. The predicted molar refractivity (Wildman–Crippen MR) is 82.2 cm³/mol. The van der Waals surface area contributed by atoms with Crippen molar-refractivity contribution in [1.82, 2.24) is 10.1 Å². The van der Waals surface area contributed by atoms with E-state index in [1.165, 1.54) is 0 Å². The minimum absolute atomic E-state index is 0.0597. The summed E-state index contributed by atoms with van der Waals surface area (Å²) >= 11 is 0. The summed E-state index contributed by atoms with van der Waals surface area (Å²) < 4.78 is 5.01. The molecule has 3 rings (SSSR count). The van der Waals surface area contributed by atoms with E-state index in [1.807, 2.05) is 39.0 Å². The lowest BCUT2D eigenvalue weighted by atomic mass is 10.0. The molecule has 0 aliphatic carbocycles. The smallest absolute Gasteiger partial charge is 0.299 e. The van der Waals surface area contributed by atoms with Crippen molar-refractivity contribution in [3.8, 4) is 5.75 Å². The first-order valence-corrected chi connectivity index (χ1v) is 7.08. The molecule has 0 bridgehead atoms. The zero-order valence-electron chi connectivity index (χ0n) is 12.6. The average molecular weight is 296 g/mol. The van der Waals surface area contributed by atoms with Gasteiger partial charge < -0.3 is 9.63 Å². The van der Waals surface area contributed by atoms with E-state index in [0.717, 1.165) is 10.9 Å². The molecule has 0 atom stereocenters. The number of phenolic OH excluding ortho intramolecular Hbond substituents is 1. The molecule has 2 aromatic carbocycles. The lowest BCUT2D eigenvalue weighted by molar-refractivity contribution is 0.0991. The van der Waals surface area contributed by atoms with Crippen molar-refractivity contribution < 1.29 is 14.4 Å². The number of nitrogens with zero attached hydrogens (tertiary/aromatic N) is 2. The molecule has 0 saturated carbocycles. The van der Waals surface area contributed by atoms with Gasteiger partial charge in [-0.05, 0) is 24.4 Å². The second kappa shape index (κ2) is 5.26. The maximum atomic E-state index is 12.5. The molecular weight excluding hydrogens is 280 g/mol. The summed E-state index contributed by atoms with van der Waals surface area (Å²) in [4.78, 5) is 16.6. The second-order valence-corrected chi connectivity index (χ2v) is 5.63. The highest BCUT2D eigenvalue weighted by Crippen LogP contribution is 2.31. The van der Waals surface area contributed by atoms with Gasteiger partial charge in [0.15, 0.2) is 5.82 Å². The molecule has 1 heterocycles. The average Bonchev–Trinajstić information content (AvgIpc) is 2.98. The quantitative estimate of drug-likeness (QED) is 0.747. The SMILES string of the molecule is Cc1ccc2ccc(C(=O)c3nc(C(C)C)no3)c(O)c2c1. The van der Waals surface area contributed by atoms with Gasteiger partial charge in [-0.2, -0.15) is 4.98 Å². The monoisotopic (exact) mass is 296 g/mol. The number of aromatic hydroxyl groups is 1. The fraction of sp³-hybridized carbons (Fsp3) is 0.235. The van der Waals surface area contributed by atoms with Gasteiger partial charge in [-0.15, -0.1) is 0 Å². The van der Waals surface area contributed by atoms with Crippen molar-refractivity contribution in [2.75, 3.05) is 0 Å². The number of ketones is 1. The number of rotatable bonds is 3. The van der Waals surface area contributed by atoms with Gasteiger partial charge in [0.1, 0.15) is 5.75 Å². The van der Waals surface area contributed by atoms with E-state index in [0.29, 0.717) is 11.2 Å². The van der Waals surface area contributed by atoms with Crippen LogP contribution in [-0.2, 0) is 0 Å². The fourth-order valence-electron chi connectivity index (χ4n) is 2.28. The number of hydrogen-bond donors (Lipinski definition) is 1. The van der Waals surface area contributed by atoms with E-state index in [9.17, 15) is 9.90 Å². The number of aryl methyl sites for hydroxylation is 1. The van der Waals surface area contributed by atoms with Gasteiger partial charge in [-0.25, -0.2) is 0 Å². The Morgan fingerprint density at radius 2 is 1.95 bits per heavy atom. The summed E-state index contributed by atoms with van der Waals surface area (Å²) in [5, 5.41) is 15.7. The summed E-state index contributed by atoms with van der Waals surface area (Å²) in [6, 6.07) is 9.07. The number of hydrogen-bond acceptors (Lipinski definition) is 5. The van der Waals surface area contributed by atoms with Crippen LogP contribution in [0.5, 0.6) is 5.75 Å². The van der Waals surface area contributed by atoms with Crippen LogP contribution in [0.25, 0.3) is 10.8 Å². The number of benzene rings is 2. The van der Waals surface area contributed by atoms with Gasteiger partial charge in [-0.1, -0.05) is 42.8 Å². The van der Waals surface area contributed by atoms with Crippen molar-refractivity contribution in [3.05, 3.63) is 53.2 Å². The number of phenols is 1. The van der Waals surface area contributed by atoms with E-state index in [2.05, 4.69) is 10.1 Å². The van der Waals surface area contributed by atoms with E-state index in [1.54, 1.807) is 12.1 Å². The summed E-state index contributed by atoms with van der Waals surface area (Å²) in [7, 11) is 0. The molecule has 0 aliphatic heterocycles. The molecule has 1 aromatic heterocycles. The number of fused-ring (bicyclic) bond motifs is 1. The normalized spacial score (nSPS) is 11.3. The third-order valence-corrected chi connectivity index (χ3v) is 3.55. The maximum absolute atomic E-state index is 12.5. The first-order chi connectivity index (χ1) is 10.5. The molecule has 0 saturated heterocycles. The van der Waals surface area contributed by atoms with Crippen molar-refractivity contribution in [1.29, 1.82) is 0 Å². The van der Waals surface area contributed by atoms with Crippen LogP contribution >= 0.6 is 0 Å². The van der Waals surface area contributed by atoms with Gasteiger partial charge in [0.25, 0.3) is 11.7 Å². The zero-order chi connectivity index (χ0) is 15.9. The van der Waals surface area contributed by atoms with E-state index in [-0.39, 0.29) is 23.1 Å². The Morgan fingerprint density at radius 3 is 2.64 bits per heavy atom. The van der Waals surface area contributed by atoms with Gasteiger partial charge in [-0.3, -0.25) is 4.79 Å².